The van der Waals surface area contributed by atoms with Gasteiger partial charge in [0.2, 0.25) is 5.91 Å². The van der Waals surface area contributed by atoms with Gasteiger partial charge in [0.1, 0.15) is 17.1 Å². The molecular weight excluding hydrogens is 395 g/mol. The maximum Gasteiger partial charge on any atom is 0.417 e. The molecule has 1 fully saturated rings. The number of carbonyl (C=O) groups is 2. The molecule has 6 nitrogen and oxygen atoms in total. The molecule has 1 aliphatic rings. The molecule has 28 heavy (non-hydrogen) atoms. The minimum absolute atomic E-state index is 0.151. The monoisotopic (exact) mass is 415 g/mol. The van der Waals surface area contributed by atoms with Crippen LogP contribution in [0.3, 0.4) is 0 Å². The van der Waals surface area contributed by atoms with Gasteiger partial charge in [0.25, 0.3) is 0 Å². The lowest BCUT2D eigenvalue weighted by Crippen LogP contribution is -2.41. The predicted octanol–water partition coefficient (Wildman–Crippen LogP) is 3.44. The van der Waals surface area contributed by atoms with Crippen LogP contribution in [0.2, 0.25) is 0 Å². The molecule has 152 valence electrons. The fourth-order valence-corrected chi connectivity index (χ4v) is 3.77. The molecule has 1 amide bonds. The third-order valence-electron chi connectivity index (χ3n) is 4.36. The lowest BCUT2D eigenvalue weighted by molar-refractivity contribution is -0.147. The van der Waals surface area contributed by atoms with Gasteiger partial charge in [0, 0.05) is 17.7 Å². The van der Waals surface area contributed by atoms with Gasteiger partial charge in [0.05, 0.1) is 16.9 Å². The van der Waals surface area contributed by atoms with Gasteiger partial charge in [-0.15, -0.1) is 0 Å². The van der Waals surface area contributed by atoms with E-state index in [0.717, 1.165) is 17.8 Å². The molecule has 0 aliphatic carbocycles. The lowest BCUT2D eigenvalue weighted by Gasteiger charge is -2.23. The van der Waals surface area contributed by atoms with E-state index in [1.54, 1.807) is 26.8 Å². The second-order valence-corrected chi connectivity index (χ2v) is 8.43. The Morgan fingerprint density at radius 2 is 2.04 bits per heavy atom. The van der Waals surface area contributed by atoms with E-state index in [1.165, 1.54) is 4.90 Å². The number of carboxylic acids is 1. The normalized spacial score (nSPS) is 17.5. The molecule has 1 aromatic heterocycles. The van der Waals surface area contributed by atoms with Crippen molar-refractivity contribution in [3.05, 3.63) is 22.9 Å². The van der Waals surface area contributed by atoms with Crippen LogP contribution in [0.1, 0.15) is 50.4 Å². The minimum Gasteiger partial charge on any atom is -0.480 e. The van der Waals surface area contributed by atoms with Crippen molar-refractivity contribution < 1.29 is 27.9 Å². The summed E-state index contributed by atoms with van der Waals surface area (Å²) in [5, 5.41) is 18.3. The van der Waals surface area contributed by atoms with E-state index in [9.17, 15) is 33.1 Å². The standard InChI is InChI=1S/C18H20F3N3O3S/c1-17(2,3)13-7-11(18(19,20)21)10(8-22)15(23-13)28-9-14(25)24-6-4-5-12(24)16(26)27/h7,12H,4-6,9H2,1-3H3,(H,26,27)/t12-/m1/s1. The Morgan fingerprint density at radius 1 is 1.39 bits per heavy atom. The molecular formula is C18H20F3N3O3S. The predicted molar refractivity (Wildman–Crippen MR) is 95.7 cm³/mol. The molecule has 1 N–H and O–H groups in total. The molecule has 1 saturated heterocycles. The number of alkyl halides is 3. The minimum atomic E-state index is -4.74. The summed E-state index contributed by atoms with van der Waals surface area (Å²) in [6.45, 7) is 5.37. The second-order valence-electron chi connectivity index (χ2n) is 7.47. The van der Waals surface area contributed by atoms with Gasteiger partial charge in [-0.05, 0) is 18.9 Å². The Bertz CT molecular complexity index is 828. The first-order chi connectivity index (χ1) is 12.9. The average molecular weight is 415 g/mol. The highest BCUT2D eigenvalue weighted by atomic mass is 32.2. The van der Waals surface area contributed by atoms with Crippen molar-refractivity contribution in [3.63, 3.8) is 0 Å². The molecule has 0 spiro atoms. The van der Waals surface area contributed by atoms with Crippen LogP contribution in [-0.4, -0.2) is 45.2 Å². The molecule has 1 atom stereocenters. The van der Waals surface area contributed by atoms with Crippen molar-refractivity contribution >= 4 is 23.6 Å². The third-order valence-corrected chi connectivity index (χ3v) is 5.32. The lowest BCUT2D eigenvalue weighted by atomic mass is 9.90. The molecule has 2 rings (SSSR count). The smallest absolute Gasteiger partial charge is 0.417 e. The molecule has 2 heterocycles. The largest absolute Gasteiger partial charge is 0.480 e. The van der Waals surface area contributed by atoms with E-state index in [-0.39, 0.29) is 23.0 Å². The number of aromatic nitrogens is 1. The van der Waals surface area contributed by atoms with Crippen LogP contribution < -0.4 is 0 Å². The van der Waals surface area contributed by atoms with Gasteiger partial charge in [-0.2, -0.15) is 18.4 Å². The molecule has 1 aliphatic heterocycles. The van der Waals surface area contributed by atoms with E-state index in [0.29, 0.717) is 12.8 Å². The van der Waals surface area contributed by atoms with E-state index in [1.807, 2.05) is 0 Å². The van der Waals surface area contributed by atoms with E-state index < -0.39 is 40.6 Å². The number of hydrogen-bond acceptors (Lipinski definition) is 5. The Morgan fingerprint density at radius 3 is 2.54 bits per heavy atom. The van der Waals surface area contributed by atoms with Crippen LogP contribution in [0.15, 0.2) is 11.1 Å². The SMILES string of the molecule is CC(C)(C)c1cc(C(F)(F)F)c(C#N)c(SCC(=O)N2CCC[C@@H]2C(=O)O)n1. The topological polar surface area (TPSA) is 94.3 Å². The van der Waals surface area contributed by atoms with Crippen molar-refractivity contribution in [1.82, 2.24) is 9.88 Å². The highest BCUT2D eigenvalue weighted by molar-refractivity contribution is 8.00. The van der Waals surface area contributed by atoms with Crippen molar-refractivity contribution in [2.75, 3.05) is 12.3 Å². The second kappa shape index (κ2) is 7.99. The number of likely N-dealkylation sites (tertiary alicyclic amines) is 1. The Balaban J connectivity index is 2.35. The maximum absolute atomic E-state index is 13.4. The van der Waals surface area contributed by atoms with Crippen LogP contribution >= 0.6 is 11.8 Å². The number of nitrogens with zero attached hydrogens (tertiary/aromatic N) is 3. The number of thioether (sulfide) groups is 1. The average Bonchev–Trinajstić information content (AvgIpc) is 3.07. The van der Waals surface area contributed by atoms with Crippen molar-refractivity contribution in [3.8, 4) is 6.07 Å². The first-order valence-electron chi connectivity index (χ1n) is 8.54. The summed E-state index contributed by atoms with van der Waals surface area (Å²) in [5.74, 6) is -1.91. The molecule has 10 heteroatoms. The summed E-state index contributed by atoms with van der Waals surface area (Å²) < 4.78 is 40.3. The molecule has 0 radical (unpaired) electrons. The third kappa shape index (κ3) is 4.76. The van der Waals surface area contributed by atoms with Gasteiger partial charge in [0.15, 0.2) is 0 Å². The molecule has 0 bridgehead atoms. The molecule has 0 aromatic carbocycles. The molecule has 1 aromatic rings. The maximum atomic E-state index is 13.4. The van der Waals surface area contributed by atoms with Gasteiger partial charge in [-0.25, -0.2) is 9.78 Å². The Kier molecular flexibility index (Phi) is 6.28. The van der Waals surface area contributed by atoms with Gasteiger partial charge in [-0.1, -0.05) is 32.5 Å². The quantitative estimate of drug-likeness (QED) is 0.757. The summed E-state index contributed by atoms with van der Waals surface area (Å²) >= 11 is 0.723. The summed E-state index contributed by atoms with van der Waals surface area (Å²) in [6.07, 6.45) is -3.85. The molecule has 0 saturated carbocycles. The van der Waals surface area contributed by atoms with E-state index in [2.05, 4.69) is 4.98 Å². The number of carboxylic acid groups (broad SMARTS) is 1. The number of nitriles is 1. The number of rotatable bonds is 4. The Labute approximate surface area is 164 Å². The van der Waals surface area contributed by atoms with E-state index >= 15 is 0 Å². The van der Waals surface area contributed by atoms with Crippen molar-refractivity contribution in [2.45, 2.75) is 56.3 Å². The summed E-state index contributed by atoms with van der Waals surface area (Å²) in [6, 6.07) is 1.49. The van der Waals surface area contributed by atoms with Crippen LogP contribution in [0, 0.1) is 11.3 Å². The van der Waals surface area contributed by atoms with E-state index in [4.69, 9.17) is 0 Å². The first-order valence-corrected chi connectivity index (χ1v) is 9.52. The molecule has 0 unspecified atom stereocenters. The van der Waals surface area contributed by atoms with Crippen molar-refractivity contribution in [2.24, 2.45) is 0 Å². The summed E-state index contributed by atoms with van der Waals surface area (Å²) in [4.78, 5) is 29.0. The fourth-order valence-electron chi connectivity index (χ4n) is 2.88. The number of amides is 1. The fraction of sp³-hybridized carbons (Fsp3) is 0.556. The van der Waals surface area contributed by atoms with Crippen LogP contribution in [-0.2, 0) is 21.2 Å². The number of hydrogen-bond donors (Lipinski definition) is 1. The summed E-state index contributed by atoms with van der Waals surface area (Å²) in [5.41, 5.74) is -2.27. The van der Waals surface area contributed by atoms with Crippen LogP contribution in [0.25, 0.3) is 0 Å². The van der Waals surface area contributed by atoms with Crippen LogP contribution in [0.4, 0.5) is 13.2 Å². The van der Waals surface area contributed by atoms with Crippen molar-refractivity contribution in [1.29, 1.82) is 5.26 Å². The van der Waals surface area contributed by atoms with Gasteiger partial charge >= 0.3 is 12.1 Å². The first kappa shape index (κ1) is 22.0. The summed E-state index contributed by atoms with van der Waals surface area (Å²) in [7, 11) is 0. The highest BCUT2D eigenvalue weighted by Crippen LogP contribution is 2.38. The number of pyridine rings is 1. The zero-order chi connectivity index (χ0) is 21.3. The van der Waals surface area contributed by atoms with Crippen LogP contribution in [0.5, 0.6) is 0 Å². The van der Waals surface area contributed by atoms with Gasteiger partial charge in [-0.3, -0.25) is 4.79 Å². The zero-order valence-electron chi connectivity index (χ0n) is 15.6. The van der Waals surface area contributed by atoms with Gasteiger partial charge < -0.3 is 10.0 Å². The number of aliphatic carboxylic acids is 1. The highest BCUT2D eigenvalue weighted by Gasteiger charge is 2.38. The Hall–Kier alpha value is -2.28. The number of halogens is 3. The number of carbonyl (C=O) groups excluding carboxylic acids is 1. The zero-order valence-corrected chi connectivity index (χ0v) is 16.4.